The van der Waals surface area contributed by atoms with Crippen molar-refractivity contribution < 1.29 is 36.1 Å². The largest absolute Gasteiger partial charge is 1.00 e. The van der Waals surface area contributed by atoms with Crippen LogP contribution in [0.4, 0.5) is 0 Å². The van der Waals surface area contributed by atoms with Crippen LogP contribution in [-0.2, 0) is 5.60 Å². The summed E-state index contributed by atoms with van der Waals surface area (Å²) in [6.07, 6.45) is 0. The normalized spacial score (nSPS) is 10.5. The molecule has 0 aromatic heterocycles. The second-order valence-electron chi connectivity index (χ2n) is 2.93. The van der Waals surface area contributed by atoms with Crippen molar-refractivity contribution in [2.75, 3.05) is 0 Å². The van der Waals surface area contributed by atoms with Crippen LogP contribution in [0.2, 0.25) is 0 Å². The first kappa shape index (κ1) is 11.2. The fraction of sp³-hybridized carbons (Fsp3) is 0.333. The number of aliphatic hydroxyl groups is 1. The minimum absolute atomic E-state index is 0. The molecule has 2 heteroatoms. The molecule has 11 heavy (non-hydrogen) atoms. The Kier molecular flexibility index (Phi) is 4.34. The summed E-state index contributed by atoms with van der Waals surface area (Å²) in [5.41, 5.74) is 0.247. The van der Waals surface area contributed by atoms with E-state index in [-0.39, 0.29) is 31.0 Å². The maximum atomic E-state index is 9.49. The Morgan fingerprint density at radius 1 is 1.18 bits per heavy atom. The molecule has 0 bridgehead atoms. The molecular formula is C9H13NaO. The van der Waals surface area contributed by atoms with Gasteiger partial charge >= 0.3 is 29.6 Å². The first-order valence-electron chi connectivity index (χ1n) is 3.38. The van der Waals surface area contributed by atoms with Crippen molar-refractivity contribution in [1.82, 2.24) is 0 Å². The first-order chi connectivity index (χ1) is 4.61. The van der Waals surface area contributed by atoms with Gasteiger partial charge in [-0.1, -0.05) is 30.3 Å². The minimum atomic E-state index is -0.707. The molecule has 56 valence electrons. The molecule has 0 aliphatic heterocycles. The van der Waals surface area contributed by atoms with Crippen LogP contribution in [0, 0.1) is 0 Å². The van der Waals surface area contributed by atoms with Crippen molar-refractivity contribution in [1.29, 1.82) is 0 Å². The Morgan fingerprint density at radius 2 is 1.64 bits per heavy atom. The zero-order valence-corrected chi connectivity index (χ0v) is 9.33. The molecule has 0 fully saturated rings. The Hall–Kier alpha value is 0.180. The maximum Gasteiger partial charge on any atom is 1.00 e. The van der Waals surface area contributed by atoms with E-state index >= 15 is 0 Å². The van der Waals surface area contributed by atoms with Crippen molar-refractivity contribution >= 4 is 0 Å². The zero-order chi connectivity index (χ0) is 7.61. The molecule has 0 unspecified atom stereocenters. The van der Waals surface area contributed by atoms with Gasteiger partial charge in [-0.2, -0.15) is 0 Å². The van der Waals surface area contributed by atoms with E-state index in [1.165, 1.54) is 0 Å². The molecule has 0 aliphatic carbocycles. The fourth-order valence-corrected chi connectivity index (χ4v) is 0.846. The quantitative estimate of drug-likeness (QED) is 0.524. The predicted octanol–water partition coefficient (Wildman–Crippen LogP) is -0.970. The predicted molar refractivity (Wildman–Crippen MR) is 42.8 cm³/mol. The van der Waals surface area contributed by atoms with Crippen molar-refractivity contribution in [3.8, 4) is 0 Å². The molecule has 0 atom stereocenters. The topological polar surface area (TPSA) is 20.2 Å². The molecule has 0 aliphatic rings. The molecule has 0 heterocycles. The van der Waals surface area contributed by atoms with Gasteiger partial charge in [-0.15, -0.1) is 0 Å². The van der Waals surface area contributed by atoms with Gasteiger partial charge in [-0.25, -0.2) is 0 Å². The van der Waals surface area contributed by atoms with Gasteiger partial charge in [0, 0.05) is 0 Å². The van der Waals surface area contributed by atoms with Crippen molar-refractivity contribution in [3.05, 3.63) is 35.9 Å². The summed E-state index contributed by atoms with van der Waals surface area (Å²) in [6, 6.07) is 9.62. The zero-order valence-electron chi connectivity index (χ0n) is 8.33. The average molecular weight is 160 g/mol. The van der Waals surface area contributed by atoms with E-state index in [0.717, 1.165) is 5.56 Å². The van der Waals surface area contributed by atoms with Crippen molar-refractivity contribution in [3.63, 3.8) is 0 Å². The Labute approximate surface area is 91.2 Å². The maximum absolute atomic E-state index is 9.49. The summed E-state index contributed by atoms with van der Waals surface area (Å²) in [4.78, 5) is 0. The third-order valence-corrected chi connectivity index (χ3v) is 1.48. The van der Waals surface area contributed by atoms with Crippen LogP contribution in [0.1, 0.15) is 20.8 Å². The van der Waals surface area contributed by atoms with Gasteiger partial charge < -0.3 is 6.53 Å². The van der Waals surface area contributed by atoms with Gasteiger partial charge in [0.25, 0.3) is 0 Å². The summed E-state index contributed by atoms with van der Waals surface area (Å²) in [7, 11) is 0. The average Bonchev–Trinajstić information content (AvgIpc) is 1.88. The Balaban J connectivity index is 0. The second-order valence-corrected chi connectivity index (χ2v) is 2.93. The third kappa shape index (κ3) is 3.39. The van der Waals surface area contributed by atoms with Crippen LogP contribution in [-0.4, -0.2) is 5.11 Å². The van der Waals surface area contributed by atoms with E-state index in [1.54, 1.807) is 13.8 Å². The molecule has 0 radical (unpaired) electrons. The standard InChI is InChI=1S/C9H12O.Na.H/c1-9(2,10)8-6-4-3-5-7-8;;/h3-7,10H,1-2H3;;/q;+1;-1. The van der Waals surface area contributed by atoms with Crippen molar-refractivity contribution in [2.24, 2.45) is 0 Å². The van der Waals surface area contributed by atoms with E-state index in [4.69, 9.17) is 0 Å². The summed E-state index contributed by atoms with van der Waals surface area (Å²) in [5.74, 6) is 0. The third-order valence-electron chi connectivity index (χ3n) is 1.48. The van der Waals surface area contributed by atoms with E-state index in [2.05, 4.69) is 0 Å². The number of rotatable bonds is 1. The van der Waals surface area contributed by atoms with Crippen molar-refractivity contribution in [2.45, 2.75) is 19.4 Å². The Bertz CT molecular complexity index is 206. The van der Waals surface area contributed by atoms with Crippen LogP contribution < -0.4 is 29.6 Å². The number of hydrogen-bond acceptors (Lipinski definition) is 1. The summed E-state index contributed by atoms with van der Waals surface area (Å²) >= 11 is 0. The minimum Gasteiger partial charge on any atom is -1.00 e. The summed E-state index contributed by atoms with van der Waals surface area (Å²) < 4.78 is 0. The van der Waals surface area contributed by atoms with E-state index in [0.29, 0.717) is 0 Å². The van der Waals surface area contributed by atoms with Crippen LogP contribution in [0.25, 0.3) is 0 Å². The molecule has 0 saturated carbocycles. The van der Waals surface area contributed by atoms with Gasteiger partial charge in [-0.05, 0) is 19.4 Å². The van der Waals surface area contributed by atoms with Crippen LogP contribution in [0.3, 0.4) is 0 Å². The molecular weight excluding hydrogens is 147 g/mol. The van der Waals surface area contributed by atoms with Crippen LogP contribution in [0.15, 0.2) is 30.3 Å². The molecule has 1 aromatic carbocycles. The van der Waals surface area contributed by atoms with Gasteiger partial charge in [-0.3, -0.25) is 0 Å². The number of hydrogen-bond donors (Lipinski definition) is 1. The van der Waals surface area contributed by atoms with Gasteiger partial charge in [0.2, 0.25) is 0 Å². The molecule has 1 N–H and O–H groups in total. The molecule has 0 saturated heterocycles. The SMILES string of the molecule is CC(C)(O)c1ccccc1.[H-].[Na+]. The fourth-order valence-electron chi connectivity index (χ4n) is 0.846. The summed E-state index contributed by atoms with van der Waals surface area (Å²) in [6.45, 7) is 3.56. The summed E-state index contributed by atoms with van der Waals surface area (Å²) in [5, 5.41) is 9.49. The van der Waals surface area contributed by atoms with Gasteiger partial charge in [0.05, 0.1) is 5.60 Å². The second kappa shape index (κ2) is 4.27. The molecule has 0 amide bonds. The monoisotopic (exact) mass is 160 g/mol. The van der Waals surface area contributed by atoms with Crippen LogP contribution >= 0.6 is 0 Å². The molecule has 1 aromatic rings. The number of benzene rings is 1. The van der Waals surface area contributed by atoms with E-state index in [1.807, 2.05) is 30.3 Å². The smallest absolute Gasteiger partial charge is 1.00 e. The first-order valence-corrected chi connectivity index (χ1v) is 3.38. The Morgan fingerprint density at radius 3 is 1.91 bits per heavy atom. The van der Waals surface area contributed by atoms with Gasteiger partial charge in [0.15, 0.2) is 0 Å². The molecule has 0 spiro atoms. The van der Waals surface area contributed by atoms with E-state index in [9.17, 15) is 5.11 Å². The molecule has 1 rings (SSSR count). The van der Waals surface area contributed by atoms with Crippen LogP contribution in [0.5, 0.6) is 0 Å². The van der Waals surface area contributed by atoms with Gasteiger partial charge in [0.1, 0.15) is 0 Å². The van der Waals surface area contributed by atoms with E-state index < -0.39 is 5.60 Å². The molecule has 1 nitrogen and oxygen atoms in total.